The van der Waals surface area contributed by atoms with E-state index in [4.69, 9.17) is 0 Å². The third-order valence-electron chi connectivity index (χ3n) is 4.30. The zero-order valence-electron chi connectivity index (χ0n) is 11.3. The van der Waals surface area contributed by atoms with Crippen molar-refractivity contribution in [3.05, 3.63) is 72.1 Å². The molecular formula is C20H12S. The zero-order valence-corrected chi connectivity index (χ0v) is 12.2. The Labute approximate surface area is 126 Å². The highest BCUT2D eigenvalue weighted by atomic mass is 32.1. The van der Waals surface area contributed by atoms with Gasteiger partial charge >= 0.3 is 0 Å². The van der Waals surface area contributed by atoms with E-state index in [1.807, 2.05) is 11.3 Å². The number of hydrogen-bond acceptors (Lipinski definition) is 1. The van der Waals surface area contributed by atoms with E-state index >= 15 is 0 Å². The number of rotatable bonds is 0. The van der Waals surface area contributed by atoms with Crippen molar-refractivity contribution in [2.75, 3.05) is 0 Å². The molecule has 0 unspecified atom stereocenters. The van der Waals surface area contributed by atoms with Crippen LogP contribution in [0.15, 0.2) is 72.1 Å². The highest BCUT2D eigenvalue weighted by Gasteiger charge is 2.06. The van der Waals surface area contributed by atoms with E-state index in [1.165, 1.54) is 42.4 Å². The lowest BCUT2D eigenvalue weighted by Gasteiger charge is -2.07. The van der Waals surface area contributed by atoms with Crippen LogP contribution in [0.2, 0.25) is 0 Å². The molecule has 0 bridgehead atoms. The van der Waals surface area contributed by atoms with Crippen LogP contribution >= 0.6 is 11.3 Å². The molecule has 5 rings (SSSR count). The van der Waals surface area contributed by atoms with Gasteiger partial charge in [0.2, 0.25) is 0 Å². The normalized spacial score (nSPS) is 11.8. The smallest absolute Gasteiger partial charge is 0.0421 e. The van der Waals surface area contributed by atoms with E-state index in [-0.39, 0.29) is 0 Å². The number of fused-ring (bicyclic) bond motifs is 6. The summed E-state index contributed by atoms with van der Waals surface area (Å²) in [6.45, 7) is 0. The zero-order chi connectivity index (χ0) is 13.8. The van der Waals surface area contributed by atoms with Gasteiger partial charge in [-0.15, -0.1) is 11.3 Å². The van der Waals surface area contributed by atoms with Crippen LogP contribution in [-0.2, 0) is 0 Å². The fraction of sp³-hybridized carbons (Fsp3) is 0. The summed E-state index contributed by atoms with van der Waals surface area (Å²) < 4.78 is 1.39. The maximum atomic E-state index is 2.33. The predicted octanol–water partition coefficient (Wildman–Crippen LogP) is 6.36. The van der Waals surface area contributed by atoms with Crippen molar-refractivity contribution in [2.24, 2.45) is 0 Å². The lowest BCUT2D eigenvalue weighted by molar-refractivity contribution is 1.79. The molecule has 0 saturated heterocycles. The van der Waals surface area contributed by atoms with Crippen molar-refractivity contribution >= 4 is 53.7 Å². The van der Waals surface area contributed by atoms with Crippen molar-refractivity contribution in [3.8, 4) is 0 Å². The Kier molecular flexibility index (Phi) is 2.18. The lowest BCUT2D eigenvalue weighted by Crippen LogP contribution is -1.80. The first kappa shape index (κ1) is 11.3. The van der Waals surface area contributed by atoms with Crippen molar-refractivity contribution in [1.82, 2.24) is 0 Å². The molecule has 0 amide bonds. The van der Waals surface area contributed by atoms with Gasteiger partial charge in [0.05, 0.1) is 0 Å². The summed E-state index contributed by atoms with van der Waals surface area (Å²) in [5.74, 6) is 0. The van der Waals surface area contributed by atoms with Crippen molar-refractivity contribution in [3.63, 3.8) is 0 Å². The van der Waals surface area contributed by atoms with E-state index in [0.29, 0.717) is 0 Å². The van der Waals surface area contributed by atoms with Gasteiger partial charge in [-0.2, -0.15) is 0 Å². The van der Waals surface area contributed by atoms with E-state index in [9.17, 15) is 0 Å². The van der Waals surface area contributed by atoms with Gasteiger partial charge in [-0.25, -0.2) is 0 Å². The van der Waals surface area contributed by atoms with Crippen LogP contribution in [0.1, 0.15) is 0 Å². The van der Waals surface area contributed by atoms with Gasteiger partial charge < -0.3 is 0 Å². The Balaban J connectivity index is 2.04. The molecule has 5 aromatic rings. The molecule has 21 heavy (non-hydrogen) atoms. The van der Waals surface area contributed by atoms with Gasteiger partial charge in [-0.3, -0.25) is 0 Å². The molecule has 0 spiro atoms. The molecule has 0 N–H and O–H groups in total. The summed E-state index contributed by atoms with van der Waals surface area (Å²) in [5, 5.41) is 11.5. The maximum Gasteiger partial charge on any atom is 0.0421 e. The Morgan fingerprint density at radius 1 is 0.524 bits per heavy atom. The van der Waals surface area contributed by atoms with Crippen molar-refractivity contribution in [1.29, 1.82) is 0 Å². The summed E-state index contributed by atoms with van der Waals surface area (Å²) >= 11 is 1.83. The third kappa shape index (κ3) is 1.55. The van der Waals surface area contributed by atoms with Gasteiger partial charge in [-0.1, -0.05) is 48.5 Å². The van der Waals surface area contributed by atoms with Gasteiger partial charge in [0.1, 0.15) is 0 Å². The van der Waals surface area contributed by atoms with Gasteiger partial charge in [0.15, 0.2) is 0 Å². The van der Waals surface area contributed by atoms with E-state index < -0.39 is 0 Å². The van der Waals surface area contributed by atoms with Crippen LogP contribution < -0.4 is 0 Å². The van der Waals surface area contributed by atoms with Crippen LogP contribution in [0.25, 0.3) is 42.4 Å². The molecule has 0 saturated carbocycles. The average molecular weight is 284 g/mol. The third-order valence-corrected chi connectivity index (χ3v) is 5.26. The Hall–Kier alpha value is -2.38. The highest BCUT2D eigenvalue weighted by molar-refractivity contribution is 7.18. The molecule has 4 aromatic carbocycles. The van der Waals surface area contributed by atoms with Crippen LogP contribution in [0.4, 0.5) is 0 Å². The molecule has 1 heterocycles. The van der Waals surface area contributed by atoms with Crippen molar-refractivity contribution in [2.45, 2.75) is 0 Å². The molecule has 0 nitrogen and oxygen atoms in total. The summed E-state index contributed by atoms with van der Waals surface area (Å²) in [5.41, 5.74) is 0. The summed E-state index contributed by atoms with van der Waals surface area (Å²) in [7, 11) is 0. The molecule has 0 radical (unpaired) electrons. The first-order chi connectivity index (χ1) is 10.4. The fourth-order valence-corrected chi connectivity index (χ4v) is 4.18. The molecule has 0 atom stereocenters. The minimum Gasteiger partial charge on any atom is -0.143 e. The van der Waals surface area contributed by atoms with Crippen LogP contribution in [-0.4, -0.2) is 0 Å². The minimum absolute atomic E-state index is 1.31. The van der Waals surface area contributed by atoms with Gasteiger partial charge in [0.25, 0.3) is 0 Å². The minimum atomic E-state index is 1.31. The van der Waals surface area contributed by atoms with Gasteiger partial charge in [-0.05, 0) is 55.9 Å². The van der Waals surface area contributed by atoms with E-state index in [2.05, 4.69) is 72.1 Å². The first-order valence-corrected chi connectivity index (χ1v) is 7.99. The molecule has 0 aliphatic rings. The quantitative estimate of drug-likeness (QED) is 0.229. The largest absolute Gasteiger partial charge is 0.143 e. The molecule has 98 valence electrons. The van der Waals surface area contributed by atoms with Crippen LogP contribution in [0.5, 0.6) is 0 Å². The summed E-state index contributed by atoms with van der Waals surface area (Å²) in [6.07, 6.45) is 0. The number of thiophene rings is 1. The second-order valence-corrected chi connectivity index (χ2v) is 6.40. The van der Waals surface area contributed by atoms with E-state index in [0.717, 1.165) is 0 Å². The molecule has 0 aliphatic carbocycles. The van der Waals surface area contributed by atoms with Crippen LogP contribution in [0, 0.1) is 0 Å². The molecular weight excluding hydrogens is 272 g/mol. The fourth-order valence-electron chi connectivity index (χ4n) is 3.26. The summed E-state index contributed by atoms with van der Waals surface area (Å²) in [6, 6.07) is 24.4. The second-order valence-electron chi connectivity index (χ2n) is 5.49. The van der Waals surface area contributed by atoms with Gasteiger partial charge in [0, 0.05) is 10.1 Å². The average Bonchev–Trinajstić information content (AvgIpc) is 3.01. The SMILES string of the molecule is c1ccc2cc3c(ccc4c3ccc3ccsc34)cc2c1. The topological polar surface area (TPSA) is 0 Å². The Morgan fingerprint density at radius 3 is 2.19 bits per heavy atom. The van der Waals surface area contributed by atoms with Crippen molar-refractivity contribution < 1.29 is 0 Å². The van der Waals surface area contributed by atoms with E-state index in [1.54, 1.807) is 0 Å². The number of hydrogen-bond donors (Lipinski definition) is 0. The predicted molar refractivity (Wildman–Crippen MR) is 94.3 cm³/mol. The monoisotopic (exact) mass is 284 g/mol. The first-order valence-electron chi connectivity index (χ1n) is 7.12. The molecule has 0 fully saturated rings. The highest BCUT2D eigenvalue weighted by Crippen LogP contribution is 2.35. The number of benzene rings is 4. The molecule has 1 aromatic heterocycles. The molecule has 0 aliphatic heterocycles. The Bertz CT molecular complexity index is 1130. The second kappa shape index (κ2) is 4.06. The molecule has 1 heteroatoms. The maximum absolute atomic E-state index is 2.33. The summed E-state index contributed by atoms with van der Waals surface area (Å²) in [4.78, 5) is 0. The Morgan fingerprint density at radius 2 is 1.29 bits per heavy atom. The van der Waals surface area contributed by atoms with Crippen LogP contribution in [0.3, 0.4) is 0 Å². The lowest BCUT2D eigenvalue weighted by atomic mass is 9.98. The standard InChI is InChI=1S/C20H12S/c1-2-4-15-12-19-16(11-14(15)3-1)6-8-18-17(19)7-5-13-9-10-21-20(13)18/h1-12H.